The van der Waals surface area contributed by atoms with Crippen LogP contribution in [0.4, 0.5) is 0 Å². The van der Waals surface area contributed by atoms with E-state index in [1.165, 1.54) is 0 Å². The summed E-state index contributed by atoms with van der Waals surface area (Å²) in [5.74, 6) is 0.418. The minimum atomic E-state index is -0.0772. The average Bonchev–Trinajstić information content (AvgIpc) is 2.77. The number of aryl methyl sites for hydroxylation is 1. The van der Waals surface area contributed by atoms with E-state index in [0.29, 0.717) is 16.3 Å². The van der Waals surface area contributed by atoms with Gasteiger partial charge in [0.25, 0.3) is 0 Å². The van der Waals surface area contributed by atoms with Crippen molar-refractivity contribution in [2.24, 2.45) is 7.05 Å². The topological polar surface area (TPSA) is 31.2 Å². The number of ether oxygens (including phenoxy) is 1. The smallest absolute Gasteiger partial charge is 0.201 e. The Hall–Kier alpha value is -1.26. The second kappa shape index (κ2) is 5.59. The Balaban J connectivity index is 2.03. The Morgan fingerprint density at radius 2 is 2.22 bits per heavy atom. The molecule has 0 N–H and O–H groups in total. The zero-order chi connectivity index (χ0) is 13.1. The van der Waals surface area contributed by atoms with E-state index >= 15 is 0 Å². The van der Waals surface area contributed by atoms with E-state index < -0.39 is 0 Å². The Kier molecular flexibility index (Phi) is 4.09. The van der Waals surface area contributed by atoms with Crippen LogP contribution in [0.15, 0.2) is 41.1 Å². The van der Waals surface area contributed by atoms with E-state index in [1.807, 2.05) is 23.9 Å². The summed E-state index contributed by atoms with van der Waals surface area (Å²) in [4.78, 5) is 11.8. The average molecular weight is 329 g/mol. The third-order valence-electron chi connectivity index (χ3n) is 2.41. The maximum Gasteiger partial charge on any atom is 0.201 e. The van der Waals surface area contributed by atoms with E-state index in [2.05, 4.69) is 15.9 Å². The van der Waals surface area contributed by atoms with Crippen molar-refractivity contribution in [3.05, 3.63) is 51.7 Å². The molecule has 0 aliphatic heterocycles. The molecule has 0 unspecified atom stereocenters. The summed E-state index contributed by atoms with van der Waals surface area (Å²) in [6.45, 7) is -0.0276. The monoisotopic (exact) mass is 327 g/mol. The van der Waals surface area contributed by atoms with Crippen LogP contribution in [-0.2, 0) is 7.05 Å². The third kappa shape index (κ3) is 3.15. The van der Waals surface area contributed by atoms with E-state index in [1.54, 1.807) is 24.4 Å². The first-order valence-corrected chi connectivity index (χ1v) is 6.46. The summed E-state index contributed by atoms with van der Waals surface area (Å²) in [6.07, 6.45) is 3.58. The molecule has 0 atom stereocenters. The number of halogens is 2. The zero-order valence-corrected chi connectivity index (χ0v) is 12.0. The number of rotatable bonds is 4. The van der Waals surface area contributed by atoms with Crippen molar-refractivity contribution in [2.45, 2.75) is 0 Å². The number of ketones is 1. The number of hydrogen-bond acceptors (Lipinski definition) is 2. The normalized spacial score (nSPS) is 10.4. The van der Waals surface area contributed by atoms with Gasteiger partial charge in [-0.05, 0) is 24.3 Å². The summed E-state index contributed by atoms with van der Waals surface area (Å²) in [6, 6.07) is 7.02. The lowest BCUT2D eigenvalue weighted by atomic mass is 10.2. The maximum absolute atomic E-state index is 11.8. The summed E-state index contributed by atoms with van der Waals surface area (Å²) in [5, 5.41) is 0.485. The fraction of sp³-hybridized carbons (Fsp3) is 0.154. The number of hydrogen-bond donors (Lipinski definition) is 0. The van der Waals surface area contributed by atoms with Gasteiger partial charge < -0.3 is 9.30 Å². The van der Waals surface area contributed by atoms with Crippen LogP contribution in [0.3, 0.4) is 0 Å². The molecule has 0 bridgehead atoms. The molecule has 0 aliphatic carbocycles. The van der Waals surface area contributed by atoms with Crippen LogP contribution in [0.25, 0.3) is 0 Å². The van der Waals surface area contributed by atoms with Gasteiger partial charge in [-0.1, -0.05) is 27.5 Å². The molecule has 0 saturated heterocycles. The molecule has 3 nitrogen and oxygen atoms in total. The van der Waals surface area contributed by atoms with E-state index in [4.69, 9.17) is 16.3 Å². The first-order chi connectivity index (χ1) is 8.56. The summed E-state index contributed by atoms with van der Waals surface area (Å²) in [5.41, 5.74) is 0.628. The highest BCUT2D eigenvalue weighted by molar-refractivity contribution is 9.10. The lowest BCUT2D eigenvalue weighted by Crippen LogP contribution is -2.11. The van der Waals surface area contributed by atoms with Gasteiger partial charge in [-0.15, -0.1) is 0 Å². The van der Waals surface area contributed by atoms with Gasteiger partial charge in [0.1, 0.15) is 5.75 Å². The van der Waals surface area contributed by atoms with Gasteiger partial charge in [0.05, 0.1) is 5.02 Å². The van der Waals surface area contributed by atoms with Crippen LogP contribution in [0.1, 0.15) is 10.4 Å². The Morgan fingerprint density at radius 3 is 2.89 bits per heavy atom. The lowest BCUT2D eigenvalue weighted by Gasteiger charge is -2.07. The Bertz CT molecular complexity index is 580. The van der Waals surface area contributed by atoms with Gasteiger partial charge in [0.15, 0.2) is 6.61 Å². The highest BCUT2D eigenvalue weighted by Crippen LogP contribution is 2.27. The molecule has 2 rings (SSSR count). The standard InChI is InChI=1S/C13H11BrClNO2/c1-16-5-4-9(7-16)12(17)8-18-13-6-10(14)2-3-11(13)15/h2-7H,8H2,1H3. The Labute approximate surface area is 118 Å². The zero-order valence-electron chi connectivity index (χ0n) is 9.69. The van der Waals surface area contributed by atoms with Crippen LogP contribution in [0, 0.1) is 0 Å². The molecule has 0 fully saturated rings. The molecule has 1 aromatic heterocycles. The molecule has 0 saturated carbocycles. The molecule has 1 heterocycles. The number of carbonyl (C=O) groups excluding carboxylic acids is 1. The Morgan fingerprint density at radius 1 is 1.44 bits per heavy atom. The minimum absolute atomic E-state index is 0.0276. The molecule has 2 aromatic rings. The van der Waals surface area contributed by atoms with Crippen molar-refractivity contribution in [1.29, 1.82) is 0 Å². The molecular weight excluding hydrogens is 318 g/mol. The summed E-state index contributed by atoms with van der Waals surface area (Å²) in [7, 11) is 1.86. The van der Waals surface area contributed by atoms with Crippen LogP contribution in [0.5, 0.6) is 5.75 Å². The molecule has 0 aliphatic rings. The molecule has 0 spiro atoms. The third-order valence-corrected chi connectivity index (χ3v) is 3.21. The predicted octanol–water partition coefficient (Wildman–Crippen LogP) is 3.70. The number of nitrogens with zero attached hydrogens (tertiary/aromatic N) is 1. The molecule has 1 aromatic carbocycles. The van der Waals surface area contributed by atoms with Crippen LogP contribution < -0.4 is 4.74 Å². The van der Waals surface area contributed by atoms with Gasteiger partial charge in [0, 0.05) is 29.5 Å². The number of carbonyl (C=O) groups is 1. The van der Waals surface area contributed by atoms with E-state index in [9.17, 15) is 4.79 Å². The largest absolute Gasteiger partial charge is 0.484 e. The van der Waals surface area contributed by atoms with Gasteiger partial charge in [-0.2, -0.15) is 0 Å². The van der Waals surface area contributed by atoms with Crippen molar-refractivity contribution in [3.63, 3.8) is 0 Å². The van der Waals surface area contributed by atoms with Crippen LogP contribution in [-0.4, -0.2) is 17.0 Å². The fourth-order valence-corrected chi connectivity index (χ4v) is 1.99. The van der Waals surface area contributed by atoms with Crippen LogP contribution in [0.2, 0.25) is 5.02 Å². The summed E-state index contributed by atoms with van der Waals surface area (Å²) >= 11 is 9.29. The van der Waals surface area contributed by atoms with E-state index in [-0.39, 0.29) is 12.4 Å². The first kappa shape index (κ1) is 13.2. The fourth-order valence-electron chi connectivity index (χ4n) is 1.48. The quantitative estimate of drug-likeness (QED) is 0.801. The van der Waals surface area contributed by atoms with Gasteiger partial charge in [-0.25, -0.2) is 0 Å². The van der Waals surface area contributed by atoms with Crippen molar-refractivity contribution < 1.29 is 9.53 Å². The van der Waals surface area contributed by atoms with Crippen molar-refractivity contribution in [3.8, 4) is 5.75 Å². The van der Waals surface area contributed by atoms with Gasteiger partial charge in [-0.3, -0.25) is 4.79 Å². The number of benzene rings is 1. The molecule has 94 valence electrons. The van der Waals surface area contributed by atoms with Gasteiger partial charge >= 0.3 is 0 Å². The van der Waals surface area contributed by atoms with Crippen LogP contribution >= 0.6 is 27.5 Å². The highest BCUT2D eigenvalue weighted by atomic mass is 79.9. The number of Topliss-reactive ketones (excluding diaryl/α,β-unsaturated/α-hetero) is 1. The van der Waals surface area contributed by atoms with Crippen molar-refractivity contribution >= 4 is 33.3 Å². The minimum Gasteiger partial charge on any atom is -0.484 e. The summed E-state index contributed by atoms with van der Waals surface area (Å²) < 4.78 is 8.10. The predicted molar refractivity (Wildman–Crippen MR) is 74.4 cm³/mol. The van der Waals surface area contributed by atoms with Crippen molar-refractivity contribution in [2.75, 3.05) is 6.61 Å². The second-order valence-corrected chi connectivity index (χ2v) is 5.18. The molecular formula is C13H11BrClNO2. The first-order valence-electron chi connectivity index (χ1n) is 5.29. The highest BCUT2D eigenvalue weighted by Gasteiger charge is 2.09. The van der Waals surface area contributed by atoms with Crippen molar-refractivity contribution in [1.82, 2.24) is 4.57 Å². The molecule has 5 heteroatoms. The molecule has 0 radical (unpaired) electrons. The van der Waals surface area contributed by atoms with E-state index in [0.717, 1.165) is 4.47 Å². The number of aromatic nitrogens is 1. The molecule has 18 heavy (non-hydrogen) atoms. The SMILES string of the molecule is Cn1ccc(C(=O)COc2cc(Br)ccc2Cl)c1. The molecule has 0 amide bonds. The lowest BCUT2D eigenvalue weighted by molar-refractivity contribution is 0.0921. The second-order valence-electron chi connectivity index (χ2n) is 3.85. The van der Waals surface area contributed by atoms with Gasteiger partial charge in [0.2, 0.25) is 5.78 Å². The maximum atomic E-state index is 11.8.